The smallest absolute Gasteiger partial charge is 0.195 e. The Kier molecular flexibility index (Phi) is 5.02. The lowest BCUT2D eigenvalue weighted by atomic mass is 9.96. The second kappa shape index (κ2) is 7.52. The van der Waals surface area contributed by atoms with Crippen molar-refractivity contribution in [2.45, 2.75) is 13.3 Å². The first-order chi connectivity index (χ1) is 14.3. The predicted octanol–water partition coefficient (Wildman–Crippen LogP) is 7.57. The van der Waals surface area contributed by atoms with Crippen LogP contribution in [0.2, 0.25) is 0 Å². The van der Waals surface area contributed by atoms with Gasteiger partial charge in [-0.1, -0.05) is 31.2 Å². The van der Waals surface area contributed by atoms with E-state index in [1.807, 2.05) is 6.92 Å². The number of aryl methyl sites for hydroxylation is 1. The second-order valence-electron chi connectivity index (χ2n) is 6.90. The van der Waals surface area contributed by atoms with Crippen LogP contribution >= 0.6 is 0 Å². The molecule has 0 heterocycles. The van der Waals surface area contributed by atoms with Gasteiger partial charge in [0.1, 0.15) is 17.5 Å². The molecule has 152 valence electrons. The number of hydrogen-bond acceptors (Lipinski definition) is 0. The summed E-state index contributed by atoms with van der Waals surface area (Å²) in [5, 5.41) is -0.263. The molecule has 0 atom stereocenters. The second-order valence-corrected chi connectivity index (χ2v) is 6.90. The van der Waals surface area contributed by atoms with E-state index in [2.05, 4.69) is 0 Å². The van der Waals surface area contributed by atoms with Crippen LogP contribution < -0.4 is 0 Å². The normalized spacial score (nSPS) is 11.3. The average Bonchev–Trinajstić information content (AvgIpc) is 2.71. The molecule has 0 aliphatic rings. The Morgan fingerprint density at radius 3 is 1.93 bits per heavy atom. The summed E-state index contributed by atoms with van der Waals surface area (Å²) in [4.78, 5) is 0. The van der Waals surface area contributed by atoms with Gasteiger partial charge in [-0.05, 0) is 58.8 Å². The Morgan fingerprint density at radius 2 is 1.30 bits per heavy atom. The molecule has 0 saturated heterocycles. The van der Waals surface area contributed by atoms with Crippen LogP contribution in [0.25, 0.3) is 33.0 Å². The SMILES string of the molecule is CCc1ccc(-c2cc(F)c(-c3ccc4c(F)c(F)c(F)cc4c3)c(F)c2)c(F)c1. The topological polar surface area (TPSA) is 0 Å². The average molecular weight is 416 g/mol. The third kappa shape index (κ3) is 3.32. The van der Waals surface area contributed by atoms with Gasteiger partial charge in [-0.2, -0.15) is 0 Å². The van der Waals surface area contributed by atoms with E-state index >= 15 is 0 Å². The van der Waals surface area contributed by atoms with E-state index < -0.39 is 40.5 Å². The van der Waals surface area contributed by atoms with Crippen LogP contribution in [0.4, 0.5) is 26.3 Å². The summed E-state index contributed by atoms with van der Waals surface area (Å²) in [5.41, 5.74) is 0.400. The minimum absolute atomic E-state index is 0.0104. The van der Waals surface area contributed by atoms with Crippen molar-refractivity contribution in [2.24, 2.45) is 0 Å². The molecule has 0 radical (unpaired) electrons. The standard InChI is InChI=1S/C24H14F6/c1-2-12-3-5-16(18(25)7-12)15-9-19(26)22(20(27)10-15)13-4-6-17-14(8-13)11-21(28)24(30)23(17)29/h3-11H,2H2,1H3. The monoisotopic (exact) mass is 416 g/mol. The molecule has 0 bridgehead atoms. The molecule has 0 spiro atoms. The largest absolute Gasteiger partial charge is 0.206 e. The van der Waals surface area contributed by atoms with Crippen LogP contribution in [0.15, 0.2) is 54.6 Å². The van der Waals surface area contributed by atoms with Gasteiger partial charge in [0.05, 0.1) is 5.56 Å². The number of benzene rings is 4. The molecular weight excluding hydrogens is 402 g/mol. The zero-order chi connectivity index (χ0) is 21.6. The van der Waals surface area contributed by atoms with Gasteiger partial charge in [-0.3, -0.25) is 0 Å². The predicted molar refractivity (Wildman–Crippen MR) is 104 cm³/mol. The minimum Gasteiger partial charge on any atom is -0.206 e. The molecule has 0 aliphatic heterocycles. The fraction of sp³-hybridized carbons (Fsp3) is 0.0833. The maximum atomic E-state index is 14.8. The molecule has 0 amide bonds. The van der Waals surface area contributed by atoms with Crippen molar-refractivity contribution in [2.75, 3.05) is 0 Å². The number of rotatable bonds is 3. The summed E-state index contributed by atoms with van der Waals surface area (Å²) in [5.74, 6) is -6.93. The van der Waals surface area contributed by atoms with E-state index in [1.165, 1.54) is 24.3 Å². The fourth-order valence-electron chi connectivity index (χ4n) is 3.48. The first-order valence-corrected chi connectivity index (χ1v) is 9.15. The number of hydrogen-bond donors (Lipinski definition) is 0. The molecule has 0 unspecified atom stereocenters. The van der Waals surface area contributed by atoms with Crippen LogP contribution in [0.3, 0.4) is 0 Å². The Labute approximate surface area is 168 Å². The van der Waals surface area contributed by atoms with E-state index in [4.69, 9.17) is 0 Å². The van der Waals surface area contributed by atoms with Crippen molar-refractivity contribution < 1.29 is 26.3 Å². The Bertz CT molecular complexity index is 1270. The molecular formula is C24H14F6. The molecule has 30 heavy (non-hydrogen) atoms. The quantitative estimate of drug-likeness (QED) is 0.239. The highest BCUT2D eigenvalue weighted by Crippen LogP contribution is 2.34. The molecule has 0 nitrogen and oxygen atoms in total. The van der Waals surface area contributed by atoms with Crippen molar-refractivity contribution in [1.29, 1.82) is 0 Å². The highest BCUT2D eigenvalue weighted by molar-refractivity contribution is 5.88. The van der Waals surface area contributed by atoms with Gasteiger partial charge in [-0.15, -0.1) is 0 Å². The van der Waals surface area contributed by atoms with Gasteiger partial charge >= 0.3 is 0 Å². The Morgan fingerprint density at radius 1 is 0.600 bits per heavy atom. The maximum Gasteiger partial charge on any atom is 0.195 e. The van der Waals surface area contributed by atoms with Crippen molar-refractivity contribution in [1.82, 2.24) is 0 Å². The molecule has 0 fully saturated rings. The lowest BCUT2D eigenvalue weighted by Gasteiger charge is -2.11. The van der Waals surface area contributed by atoms with Gasteiger partial charge < -0.3 is 0 Å². The summed E-state index contributed by atoms with van der Waals surface area (Å²) < 4.78 is 84.8. The lowest BCUT2D eigenvalue weighted by Crippen LogP contribution is -1.96. The number of halogens is 6. The van der Waals surface area contributed by atoms with Crippen LogP contribution in [0.5, 0.6) is 0 Å². The summed E-state index contributed by atoms with van der Waals surface area (Å²) in [6.45, 7) is 1.86. The van der Waals surface area contributed by atoms with Gasteiger partial charge in [0.2, 0.25) is 0 Å². The van der Waals surface area contributed by atoms with E-state index in [9.17, 15) is 26.3 Å². The molecule has 0 saturated carbocycles. The summed E-state index contributed by atoms with van der Waals surface area (Å²) in [6, 6.07) is 10.7. The van der Waals surface area contributed by atoms with Crippen molar-refractivity contribution in [3.63, 3.8) is 0 Å². The molecule has 6 heteroatoms. The highest BCUT2D eigenvalue weighted by atomic mass is 19.2. The lowest BCUT2D eigenvalue weighted by molar-refractivity contribution is 0.453. The van der Waals surface area contributed by atoms with Crippen molar-refractivity contribution in [3.05, 3.63) is 95.1 Å². The van der Waals surface area contributed by atoms with E-state index in [0.717, 1.165) is 29.8 Å². The fourth-order valence-corrected chi connectivity index (χ4v) is 3.48. The van der Waals surface area contributed by atoms with Crippen LogP contribution in [-0.2, 0) is 6.42 Å². The molecule has 4 aromatic carbocycles. The summed E-state index contributed by atoms with van der Waals surface area (Å²) >= 11 is 0. The van der Waals surface area contributed by atoms with E-state index in [1.54, 1.807) is 6.07 Å². The zero-order valence-electron chi connectivity index (χ0n) is 15.7. The van der Waals surface area contributed by atoms with Crippen molar-refractivity contribution >= 4 is 10.8 Å². The first-order valence-electron chi connectivity index (χ1n) is 9.15. The summed E-state index contributed by atoms with van der Waals surface area (Å²) in [7, 11) is 0. The third-order valence-corrected chi connectivity index (χ3v) is 5.06. The van der Waals surface area contributed by atoms with Gasteiger partial charge in [0.15, 0.2) is 17.5 Å². The third-order valence-electron chi connectivity index (χ3n) is 5.06. The summed E-state index contributed by atoms with van der Waals surface area (Å²) in [6.07, 6.45) is 0.617. The molecule has 0 aromatic heterocycles. The zero-order valence-corrected chi connectivity index (χ0v) is 15.7. The van der Waals surface area contributed by atoms with Crippen molar-refractivity contribution in [3.8, 4) is 22.3 Å². The van der Waals surface area contributed by atoms with E-state index in [-0.39, 0.29) is 27.5 Å². The van der Waals surface area contributed by atoms with Crippen LogP contribution in [0.1, 0.15) is 12.5 Å². The number of fused-ring (bicyclic) bond motifs is 1. The van der Waals surface area contributed by atoms with Crippen LogP contribution in [0, 0.1) is 34.9 Å². The highest BCUT2D eigenvalue weighted by Gasteiger charge is 2.18. The van der Waals surface area contributed by atoms with E-state index in [0.29, 0.717) is 6.42 Å². The van der Waals surface area contributed by atoms with Crippen LogP contribution in [-0.4, -0.2) is 0 Å². The molecule has 4 aromatic rings. The molecule has 0 N–H and O–H groups in total. The maximum absolute atomic E-state index is 14.8. The molecule has 0 aliphatic carbocycles. The molecule has 4 rings (SSSR count). The van der Waals surface area contributed by atoms with Gasteiger partial charge in [0, 0.05) is 10.9 Å². The van der Waals surface area contributed by atoms with Gasteiger partial charge in [0.25, 0.3) is 0 Å². The first kappa shape index (κ1) is 20.0. The Balaban J connectivity index is 1.84. The van der Waals surface area contributed by atoms with Gasteiger partial charge in [-0.25, -0.2) is 26.3 Å². The minimum atomic E-state index is -1.62. The Hall–Kier alpha value is -3.28.